The van der Waals surface area contributed by atoms with Gasteiger partial charge in [0.1, 0.15) is 6.54 Å². The summed E-state index contributed by atoms with van der Waals surface area (Å²) < 4.78 is 37.2. The molecule has 3 nitrogen and oxygen atoms in total. The molecule has 0 bridgehead atoms. The molecular weight excluding hydrogens is 257 g/mol. The lowest BCUT2D eigenvalue weighted by Crippen LogP contribution is -2.38. The molecule has 0 radical (unpaired) electrons. The Hall–Kier alpha value is -1.56. The summed E-state index contributed by atoms with van der Waals surface area (Å²) >= 11 is 0. The van der Waals surface area contributed by atoms with Crippen LogP contribution >= 0.6 is 0 Å². The molecule has 1 aliphatic rings. The molecule has 0 aliphatic carbocycles. The number of amides is 1. The lowest BCUT2D eigenvalue weighted by Gasteiger charge is -2.22. The van der Waals surface area contributed by atoms with Gasteiger partial charge in [0.05, 0.1) is 0 Å². The number of hydrogen-bond acceptors (Lipinski definition) is 2. The molecule has 1 amide bonds. The van der Waals surface area contributed by atoms with E-state index in [1.807, 2.05) is 0 Å². The quantitative estimate of drug-likeness (QED) is 0.915. The van der Waals surface area contributed by atoms with Crippen molar-refractivity contribution < 1.29 is 18.0 Å². The van der Waals surface area contributed by atoms with E-state index in [1.54, 1.807) is 25.1 Å². The van der Waals surface area contributed by atoms with E-state index in [0.717, 1.165) is 22.6 Å². The van der Waals surface area contributed by atoms with Crippen LogP contribution in [0.2, 0.25) is 0 Å². The zero-order chi connectivity index (χ0) is 14.0. The minimum absolute atomic E-state index is 0.0354. The van der Waals surface area contributed by atoms with Gasteiger partial charge in [0.25, 0.3) is 5.91 Å². The third-order valence-electron chi connectivity index (χ3n) is 3.12. The Morgan fingerprint density at radius 3 is 2.63 bits per heavy atom. The maximum Gasteiger partial charge on any atom is 0.406 e. The van der Waals surface area contributed by atoms with Crippen molar-refractivity contribution in [3.05, 3.63) is 34.9 Å². The van der Waals surface area contributed by atoms with E-state index in [-0.39, 0.29) is 6.54 Å². The Morgan fingerprint density at radius 2 is 2.00 bits per heavy atom. The van der Waals surface area contributed by atoms with Crippen molar-refractivity contribution in [2.75, 3.05) is 13.1 Å². The standard InChI is InChI=1S/C13H15F3N2O/c1-2-18(8-13(14,15)16)12(19)9-3-4-10-6-17-7-11(10)5-9/h3-5,17H,2,6-8H2,1H3. The van der Waals surface area contributed by atoms with Crippen molar-refractivity contribution in [1.29, 1.82) is 0 Å². The van der Waals surface area contributed by atoms with Crippen molar-refractivity contribution in [1.82, 2.24) is 10.2 Å². The van der Waals surface area contributed by atoms with Gasteiger partial charge in [-0.3, -0.25) is 4.79 Å². The third kappa shape index (κ3) is 3.26. The molecule has 0 aromatic heterocycles. The number of nitrogens with one attached hydrogen (secondary N) is 1. The topological polar surface area (TPSA) is 32.3 Å². The molecule has 0 saturated heterocycles. The first-order valence-corrected chi connectivity index (χ1v) is 6.09. The average molecular weight is 272 g/mol. The molecule has 19 heavy (non-hydrogen) atoms. The second-order valence-electron chi connectivity index (χ2n) is 4.52. The highest BCUT2D eigenvalue weighted by Crippen LogP contribution is 2.21. The number of nitrogens with zero attached hydrogens (tertiary/aromatic N) is 1. The summed E-state index contributed by atoms with van der Waals surface area (Å²) in [5, 5.41) is 3.13. The zero-order valence-electron chi connectivity index (χ0n) is 10.5. The minimum Gasteiger partial charge on any atom is -0.330 e. The van der Waals surface area contributed by atoms with Crippen LogP contribution in [0.25, 0.3) is 0 Å². The monoisotopic (exact) mass is 272 g/mol. The smallest absolute Gasteiger partial charge is 0.330 e. The van der Waals surface area contributed by atoms with Crippen molar-refractivity contribution in [3.63, 3.8) is 0 Å². The fourth-order valence-corrected chi connectivity index (χ4v) is 2.15. The molecule has 2 rings (SSSR count). The summed E-state index contributed by atoms with van der Waals surface area (Å²) in [6.07, 6.45) is -4.37. The van der Waals surface area contributed by atoms with Gasteiger partial charge in [0.2, 0.25) is 0 Å². The molecule has 1 aromatic rings. The Kier molecular flexibility index (Phi) is 3.80. The zero-order valence-corrected chi connectivity index (χ0v) is 10.5. The summed E-state index contributed by atoms with van der Waals surface area (Å²) in [5.74, 6) is -0.575. The lowest BCUT2D eigenvalue weighted by atomic mass is 10.1. The van der Waals surface area contributed by atoms with Crippen LogP contribution in [0.15, 0.2) is 18.2 Å². The van der Waals surface area contributed by atoms with Gasteiger partial charge in [-0.25, -0.2) is 0 Å². The molecule has 1 aromatic carbocycles. The normalized spacial score (nSPS) is 14.3. The first-order valence-electron chi connectivity index (χ1n) is 6.09. The second-order valence-corrected chi connectivity index (χ2v) is 4.52. The van der Waals surface area contributed by atoms with Gasteiger partial charge in [0.15, 0.2) is 0 Å². The van der Waals surface area contributed by atoms with Crippen LogP contribution in [-0.4, -0.2) is 30.1 Å². The second kappa shape index (κ2) is 5.21. The lowest BCUT2D eigenvalue weighted by molar-refractivity contribution is -0.140. The van der Waals surface area contributed by atoms with Gasteiger partial charge < -0.3 is 10.2 Å². The molecule has 1 heterocycles. The van der Waals surface area contributed by atoms with Crippen molar-refractivity contribution in [2.45, 2.75) is 26.2 Å². The van der Waals surface area contributed by atoms with Crippen LogP contribution in [0.5, 0.6) is 0 Å². The van der Waals surface area contributed by atoms with Gasteiger partial charge >= 0.3 is 6.18 Å². The Bertz CT molecular complexity index is 485. The fraction of sp³-hybridized carbons (Fsp3) is 0.462. The Morgan fingerprint density at radius 1 is 1.32 bits per heavy atom. The number of fused-ring (bicyclic) bond motifs is 1. The molecule has 6 heteroatoms. The van der Waals surface area contributed by atoms with Gasteiger partial charge in [-0.1, -0.05) is 6.07 Å². The Labute approximate surface area is 109 Å². The molecule has 0 saturated carbocycles. The number of benzene rings is 1. The molecule has 0 fully saturated rings. The van der Waals surface area contributed by atoms with Crippen LogP contribution in [0, 0.1) is 0 Å². The highest BCUT2D eigenvalue weighted by Gasteiger charge is 2.32. The number of rotatable bonds is 3. The molecule has 1 aliphatic heterocycles. The van der Waals surface area contributed by atoms with E-state index in [4.69, 9.17) is 0 Å². The number of carbonyl (C=O) groups excluding carboxylic acids is 1. The van der Waals surface area contributed by atoms with E-state index in [9.17, 15) is 18.0 Å². The van der Waals surface area contributed by atoms with E-state index in [1.165, 1.54) is 0 Å². The summed E-state index contributed by atoms with van der Waals surface area (Å²) in [6, 6.07) is 5.06. The highest BCUT2D eigenvalue weighted by molar-refractivity contribution is 5.94. The minimum atomic E-state index is -4.37. The summed E-state index contributed by atoms with van der Waals surface area (Å²) in [4.78, 5) is 12.9. The molecule has 0 atom stereocenters. The van der Waals surface area contributed by atoms with Gasteiger partial charge in [0, 0.05) is 25.2 Å². The fourth-order valence-electron chi connectivity index (χ4n) is 2.15. The van der Waals surface area contributed by atoms with Crippen molar-refractivity contribution in [2.24, 2.45) is 0 Å². The predicted molar refractivity (Wildman–Crippen MR) is 64.6 cm³/mol. The number of alkyl halides is 3. The van der Waals surface area contributed by atoms with E-state index < -0.39 is 18.6 Å². The molecular formula is C13H15F3N2O. The SMILES string of the molecule is CCN(CC(F)(F)F)C(=O)c1ccc2c(c1)CNC2. The van der Waals surface area contributed by atoms with Crippen LogP contribution in [-0.2, 0) is 13.1 Å². The largest absolute Gasteiger partial charge is 0.406 e. The van der Waals surface area contributed by atoms with Crippen LogP contribution in [0.1, 0.15) is 28.4 Å². The molecule has 0 spiro atoms. The van der Waals surface area contributed by atoms with Crippen LogP contribution in [0.3, 0.4) is 0 Å². The van der Waals surface area contributed by atoms with E-state index >= 15 is 0 Å². The first-order chi connectivity index (χ1) is 8.90. The van der Waals surface area contributed by atoms with E-state index in [2.05, 4.69) is 5.32 Å². The number of hydrogen-bond donors (Lipinski definition) is 1. The molecule has 0 unspecified atom stereocenters. The van der Waals surface area contributed by atoms with Gasteiger partial charge in [-0.2, -0.15) is 13.2 Å². The highest BCUT2D eigenvalue weighted by atomic mass is 19.4. The van der Waals surface area contributed by atoms with Gasteiger partial charge in [-0.15, -0.1) is 0 Å². The predicted octanol–water partition coefficient (Wildman–Crippen LogP) is 2.31. The molecule has 1 N–H and O–H groups in total. The van der Waals surface area contributed by atoms with Crippen molar-refractivity contribution in [3.8, 4) is 0 Å². The molecule has 104 valence electrons. The third-order valence-corrected chi connectivity index (χ3v) is 3.12. The first kappa shape index (κ1) is 13.9. The summed E-state index contributed by atoms with van der Waals surface area (Å²) in [5.41, 5.74) is 2.39. The van der Waals surface area contributed by atoms with Crippen LogP contribution in [0.4, 0.5) is 13.2 Å². The van der Waals surface area contributed by atoms with Crippen molar-refractivity contribution >= 4 is 5.91 Å². The van der Waals surface area contributed by atoms with E-state index in [0.29, 0.717) is 12.1 Å². The maximum absolute atomic E-state index is 12.4. The van der Waals surface area contributed by atoms with Crippen LogP contribution < -0.4 is 5.32 Å². The number of carbonyl (C=O) groups is 1. The van der Waals surface area contributed by atoms with Gasteiger partial charge in [-0.05, 0) is 30.2 Å². The summed E-state index contributed by atoms with van der Waals surface area (Å²) in [6.45, 7) is 1.76. The Balaban J connectivity index is 2.18. The number of halogens is 3. The summed E-state index contributed by atoms with van der Waals surface area (Å²) in [7, 11) is 0. The average Bonchev–Trinajstić information content (AvgIpc) is 2.81. The maximum atomic E-state index is 12.4.